The van der Waals surface area contributed by atoms with Gasteiger partial charge in [-0.1, -0.05) is 30.3 Å². The standard InChI is InChI=1S/C13H13NO4/c1-13(18,12(16)17)11-10(15)7-9(14-11)8-5-3-2-4-6-8/h2-7,14-15,18H,1H3,(H,16,17)/t13-/m1/s1. The van der Waals surface area contributed by atoms with Gasteiger partial charge in [-0.15, -0.1) is 0 Å². The molecule has 0 spiro atoms. The lowest BCUT2D eigenvalue weighted by Crippen LogP contribution is -2.32. The first-order chi connectivity index (χ1) is 8.43. The summed E-state index contributed by atoms with van der Waals surface area (Å²) in [6.07, 6.45) is 0. The van der Waals surface area contributed by atoms with Crippen molar-refractivity contribution < 1.29 is 20.1 Å². The lowest BCUT2D eigenvalue weighted by atomic mass is 10.0. The van der Waals surface area contributed by atoms with Crippen molar-refractivity contribution in [1.82, 2.24) is 4.98 Å². The zero-order valence-corrected chi connectivity index (χ0v) is 9.71. The third kappa shape index (κ3) is 1.96. The number of hydrogen-bond donors (Lipinski definition) is 4. The second-order valence-corrected chi connectivity index (χ2v) is 4.19. The molecule has 0 aliphatic heterocycles. The SMILES string of the molecule is C[C@](O)(C(=O)O)c1[nH]c(-c2ccccc2)cc1O. The Morgan fingerprint density at radius 2 is 1.89 bits per heavy atom. The van der Waals surface area contributed by atoms with Crippen molar-refractivity contribution in [1.29, 1.82) is 0 Å². The van der Waals surface area contributed by atoms with Crippen LogP contribution >= 0.6 is 0 Å². The maximum absolute atomic E-state index is 10.9. The van der Waals surface area contributed by atoms with Gasteiger partial charge in [0.1, 0.15) is 11.4 Å². The van der Waals surface area contributed by atoms with Crippen LogP contribution in [0.2, 0.25) is 0 Å². The van der Waals surface area contributed by atoms with Crippen LogP contribution in [0.1, 0.15) is 12.6 Å². The number of aromatic amines is 1. The molecule has 4 N–H and O–H groups in total. The quantitative estimate of drug-likeness (QED) is 0.663. The fourth-order valence-electron chi connectivity index (χ4n) is 1.69. The van der Waals surface area contributed by atoms with E-state index < -0.39 is 11.6 Å². The predicted octanol–water partition coefficient (Wildman–Crippen LogP) is 1.68. The Balaban J connectivity index is 2.49. The van der Waals surface area contributed by atoms with E-state index in [1.807, 2.05) is 30.3 Å². The molecule has 1 aromatic carbocycles. The smallest absolute Gasteiger partial charge is 0.341 e. The van der Waals surface area contributed by atoms with E-state index in [2.05, 4.69) is 4.98 Å². The second kappa shape index (κ2) is 4.19. The average molecular weight is 247 g/mol. The largest absolute Gasteiger partial charge is 0.506 e. The van der Waals surface area contributed by atoms with Crippen LogP contribution in [0.3, 0.4) is 0 Å². The van der Waals surface area contributed by atoms with Crippen LogP contribution in [-0.4, -0.2) is 26.3 Å². The van der Waals surface area contributed by atoms with Gasteiger partial charge in [-0.3, -0.25) is 0 Å². The zero-order valence-electron chi connectivity index (χ0n) is 9.71. The maximum atomic E-state index is 10.9. The maximum Gasteiger partial charge on any atom is 0.341 e. The minimum atomic E-state index is -2.16. The molecule has 0 aliphatic rings. The monoisotopic (exact) mass is 247 g/mol. The number of hydrogen-bond acceptors (Lipinski definition) is 3. The number of aliphatic hydroxyl groups is 1. The van der Waals surface area contributed by atoms with Crippen molar-refractivity contribution in [2.45, 2.75) is 12.5 Å². The minimum Gasteiger partial charge on any atom is -0.506 e. The molecule has 1 aromatic heterocycles. The van der Waals surface area contributed by atoms with E-state index in [4.69, 9.17) is 5.11 Å². The van der Waals surface area contributed by atoms with Crippen LogP contribution in [0.15, 0.2) is 36.4 Å². The Bertz CT molecular complexity index is 572. The molecule has 0 unspecified atom stereocenters. The number of carboxylic acid groups (broad SMARTS) is 1. The summed E-state index contributed by atoms with van der Waals surface area (Å²) >= 11 is 0. The first-order valence-corrected chi connectivity index (χ1v) is 5.36. The van der Waals surface area contributed by atoms with Crippen molar-refractivity contribution >= 4 is 5.97 Å². The van der Waals surface area contributed by atoms with Crippen LogP contribution < -0.4 is 0 Å². The van der Waals surface area contributed by atoms with E-state index in [0.29, 0.717) is 5.69 Å². The Morgan fingerprint density at radius 1 is 1.28 bits per heavy atom. The number of aliphatic carboxylic acids is 1. The summed E-state index contributed by atoms with van der Waals surface area (Å²) in [5.41, 5.74) is -0.948. The van der Waals surface area contributed by atoms with Gasteiger partial charge >= 0.3 is 5.97 Å². The van der Waals surface area contributed by atoms with Crippen LogP contribution in [0.4, 0.5) is 0 Å². The molecule has 2 rings (SSSR count). The third-order valence-corrected chi connectivity index (χ3v) is 2.78. The van der Waals surface area contributed by atoms with Gasteiger partial charge in [0, 0.05) is 11.8 Å². The molecule has 0 aliphatic carbocycles. The zero-order chi connectivity index (χ0) is 13.3. The van der Waals surface area contributed by atoms with Gasteiger partial charge in [-0.25, -0.2) is 4.79 Å². The van der Waals surface area contributed by atoms with E-state index in [1.165, 1.54) is 6.07 Å². The van der Waals surface area contributed by atoms with Gasteiger partial charge in [0.2, 0.25) is 5.60 Å². The number of carbonyl (C=O) groups is 1. The number of aromatic nitrogens is 1. The van der Waals surface area contributed by atoms with Crippen molar-refractivity contribution in [3.63, 3.8) is 0 Å². The van der Waals surface area contributed by atoms with Crippen molar-refractivity contribution in [3.05, 3.63) is 42.1 Å². The summed E-state index contributed by atoms with van der Waals surface area (Å²) in [6.45, 7) is 1.11. The number of H-pyrrole nitrogens is 1. The summed E-state index contributed by atoms with van der Waals surface area (Å²) in [5, 5.41) is 28.5. The van der Waals surface area contributed by atoms with Crippen LogP contribution in [0.25, 0.3) is 11.3 Å². The summed E-state index contributed by atoms with van der Waals surface area (Å²) in [4.78, 5) is 13.7. The molecule has 5 heteroatoms. The fourth-order valence-corrected chi connectivity index (χ4v) is 1.69. The van der Waals surface area contributed by atoms with Crippen molar-refractivity contribution in [3.8, 4) is 17.0 Å². The summed E-state index contributed by atoms with van der Waals surface area (Å²) in [6, 6.07) is 10.5. The average Bonchev–Trinajstić information content (AvgIpc) is 2.73. The molecule has 0 saturated carbocycles. The molecule has 18 heavy (non-hydrogen) atoms. The molecule has 5 nitrogen and oxygen atoms in total. The minimum absolute atomic E-state index is 0.131. The Morgan fingerprint density at radius 3 is 2.44 bits per heavy atom. The molecule has 1 atom stereocenters. The highest BCUT2D eigenvalue weighted by Crippen LogP contribution is 2.33. The number of benzene rings is 1. The van der Waals surface area contributed by atoms with Gasteiger partial charge in [0.25, 0.3) is 0 Å². The van der Waals surface area contributed by atoms with Crippen molar-refractivity contribution in [2.75, 3.05) is 0 Å². The Hall–Kier alpha value is -2.27. The molecule has 0 saturated heterocycles. The number of rotatable bonds is 3. The van der Waals surface area contributed by atoms with Crippen molar-refractivity contribution in [2.24, 2.45) is 0 Å². The highest BCUT2D eigenvalue weighted by molar-refractivity contribution is 5.80. The molecule has 1 heterocycles. The Labute approximate surface area is 103 Å². The van der Waals surface area contributed by atoms with E-state index >= 15 is 0 Å². The Kier molecular flexibility index (Phi) is 2.84. The van der Waals surface area contributed by atoms with E-state index in [9.17, 15) is 15.0 Å². The topological polar surface area (TPSA) is 93.5 Å². The highest BCUT2D eigenvalue weighted by Gasteiger charge is 2.36. The molecule has 94 valence electrons. The van der Waals surface area contributed by atoms with Crippen LogP contribution in [-0.2, 0) is 10.4 Å². The van der Waals surface area contributed by atoms with Gasteiger partial charge in [0.15, 0.2) is 0 Å². The van der Waals surface area contributed by atoms with Gasteiger partial charge < -0.3 is 20.3 Å². The van der Waals surface area contributed by atoms with Gasteiger partial charge in [-0.05, 0) is 12.5 Å². The summed E-state index contributed by atoms with van der Waals surface area (Å²) < 4.78 is 0. The van der Waals surface area contributed by atoms with Crippen LogP contribution in [0, 0.1) is 0 Å². The van der Waals surface area contributed by atoms with Gasteiger partial charge in [-0.2, -0.15) is 0 Å². The predicted molar refractivity (Wildman–Crippen MR) is 65.1 cm³/mol. The van der Waals surface area contributed by atoms with E-state index in [1.54, 1.807) is 0 Å². The number of nitrogens with one attached hydrogen (secondary N) is 1. The molecule has 2 aromatic rings. The molecule has 0 fully saturated rings. The molecular formula is C13H13NO4. The van der Waals surface area contributed by atoms with E-state index in [0.717, 1.165) is 12.5 Å². The van der Waals surface area contributed by atoms with Crippen LogP contribution in [0.5, 0.6) is 5.75 Å². The molecular weight excluding hydrogens is 234 g/mol. The lowest BCUT2D eigenvalue weighted by Gasteiger charge is -2.16. The molecule has 0 radical (unpaired) electrons. The fraction of sp³-hybridized carbons (Fsp3) is 0.154. The van der Waals surface area contributed by atoms with Gasteiger partial charge in [0.05, 0.1) is 0 Å². The number of carboxylic acids is 1. The summed E-state index contributed by atoms with van der Waals surface area (Å²) in [5.74, 6) is -1.71. The molecule has 0 bridgehead atoms. The first kappa shape index (κ1) is 12.2. The third-order valence-electron chi connectivity index (χ3n) is 2.78. The number of aromatic hydroxyl groups is 1. The molecule has 0 amide bonds. The first-order valence-electron chi connectivity index (χ1n) is 5.36. The van der Waals surface area contributed by atoms with E-state index in [-0.39, 0.29) is 11.4 Å². The highest BCUT2D eigenvalue weighted by atomic mass is 16.4. The summed E-state index contributed by atoms with van der Waals surface area (Å²) in [7, 11) is 0. The second-order valence-electron chi connectivity index (χ2n) is 4.19. The normalized spacial score (nSPS) is 14.1. The lowest BCUT2D eigenvalue weighted by molar-refractivity contribution is -0.158.